The Kier molecular flexibility index (Phi) is 6.32. The van der Waals surface area contributed by atoms with Gasteiger partial charge in [0.2, 0.25) is 5.91 Å². The van der Waals surface area contributed by atoms with Crippen LogP contribution in [0, 0.1) is 0 Å². The van der Waals surface area contributed by atoms with Gasteiger partial charge in [0.1, 0.15) is 5.75 Å². The number of fused-ring (bicyclic) bond motifs is 1. The van der Waals surface area contributed by atoms with Crippen LogP contribution in [0.3, 0.4) is 0 Å². The number of likely N-dealkylation sites (N-methyl/N-ethyl adjacent to an activating group) is 1. The van der Waals surface area contributed by atoms with Crippen LogP contribution in [0.1, 0.15) is 36.3 Å². The number of hydrogen-bond donors (Lipinski definition) is 0. The number of ether oxygens (including phenoxy) is 2. The van der Waals surface area contributed by atoms with Gasteiger partial charge in [0.25, 0.3) is 0 Å². The van der Waals surface area contributed by atoms with Crippen molar-refractivity contribution in [1.82, 2.24) is 9.80 Å². The number of rotatable bonds is 6. The molecule has 2 aliphatic rings. The van der Waals surface area contributed by atoms with Crippen molar-refractivity contribution in [3.63, 3.8) is 0 Å². The summed E-state index contributed by atoms with van der Waals surface area (Å²) in [6, 6.07) is 6.30. The standard InChI is InChI=1S/C20H30N2O3/c1-21(8-9-22-10-12-25-13-11-22)20(23)15-17-5-3-4-16-14-18(24-2)6-7-19(16)17/h6-7,14,17H,3-5,8-13,15H2,1-2H3/t17-/m1/s1. The highest BCUT2D eigenvalue weighted by Crippen LogP contribution is 2.36. The molecule has 0 aromatic heterocycles. The number of benzene rings is 1. The van der Waals surface area contributed by atoms with E-state index < -0.39 is 0 Å². The van der Waals surface area contributed by atoms with E-state index in [2.05, 4.69) is 17.0 Å². The summed E-state index contributed by atoms with van der Waals surface area (Å²) in [5, 5.41) is 0. The first-order valence-electron chi connectivity index (χ1n) is 9.38. The van der Waals surface area contributed by atoms with Crippen molar-refractivity contribution >= 4 is 5.91 Å². The third kappa shape index (κ3) is 4.73. The maximum atomic E-state index is 12.7. The first-order chi connectivity index (χ1) is 12.2. The van der Waals surface area contributed by atoms with Crippen molar-refractivity contribution in [2.24, 2.45) is 0 Å². The summed E-state index contributed by atoms with van der Waals surface area (Å²) in [6.07, 6.45) is 3.95. The van der Waals surface area contributed by atoms with Crippen LogP contribution in [0.15, 0.2) is 18.2 Å². The zero-order valence-corrected chi connectivity index (χ0v) is 15.5. The Morgan fingerprint density at radius 3 is 2.92 bits per heavy atom. The Morgan fingerprint density at radius 1 is 1.36 bits per heavy atom. The average Bonchev–Trinajstić information content (AvgIpc) is 2.66. The summed E-state index contributed by atoms with van der Waals surface area (Å²) in [5.41, 5.74) is 2.68. The fraction of sp³-hybridized carbons (Fsp3) is 0.650. The zero-order chi connectivity index (χ0) is 17.6. The molecule has 1 fully saturated rings. The summed E-state index contributed by atoms with van der Waals surface area (Å²) in [4.78, 5) is 16.9. The van der Waals surface area contributed by atoms with Gasteiger partial charge in [-0.1, -0.05) is 6.07 Å². The van der Waals surface area contributed by atoms with E-state index in [0.717, 1.165) is 64.4 Å². The third-order valence-electron chi connectivity index (χ3n) is 5.49. The number of nitrogens with zero attached hydrogens (tertiary/aromatic N) is 2. The second kappa shape index (κ2) is 8.68. The average molecular weight is 346 g/mol. The second-order valence-corrected chi connectivity index (χ2v) is 7.13. The number of morpholine rings is 1. The molecule has 5 nitrogen and oxygen atoms in total. The van der Waals surface area contributed by atoms with Crippen molar-refractivity contribution in [1.29, 1.82) is 0 Å². The maximum absolute atomic E-state index is 12.7. The minimum absolute atomic E-state index is 0.252. The Balaban J connectivity index is 1.54. The van der Waals surface area contributed by atoms with Crippen LogP contribution < -0.4 is 4.74 Å². The van der Waals surface area contributed by atoms with E-state index >= 15 is 0 Å². The molecule has 3 rings (SSSR count). The lowest BCUT2D eigenvalue weighted by Crippen LogP contribution is -2.42. The van der Waals surface area contributed by atoms with Gasteiger partial charge in [-0.2, -0.15) is 0 Å². The van der Waals surface area contributed by atoms with Crippen molar-refractivity contribution in [3.05, 3.63) is 29.3 Å². The van der Waals surface area contributed by atoms with Crippen LogP contribution in [0.2, 0.25) is 0 Å². The summed E-state index contributed by atoms with van der Waals surface area (Å²) in [6.45, 7) is 5.28. The summed E-state index contributed by atoms with van der Waals surface area (Å²) < 4.78 is 10.7. The fourth-order valence-electron chi connectivity index (χ4n) is 3.84. The van der Waals surface area contributed by atoms with Crippen molar-refractivity contribution in [3.8, 4) is 5.75 Å². The van der Waals surface area contributed by atoms with Crippen LogP contribution in [0.4, 0.5) is 0 Å². The highest BCUT2D eigenvalue weighted by molar-refractivity contribution is 5.77. The van der Waals surface area contributed by atoms with Gasteiger partial charge in [-0.05, 0) is 48.4 Å². The molecule has 0 saturated carbocycles. The van der Waals surface area contributed by atoms with Crippen LogP contribution in [-0.2, 0) is 16.0 Å². The Labute approximate surface area is 150 Å². The van der Waals surface area contributed by atoms with E-state index in [0.29, 0.717) is 12.3 Å². The molecule has 0 unspecified atom stereocenters. The molecule has 0 bridgehead atoms. The lowest BCUT2D eigenvalue weighted by atomic mass is 9.81. The molecular weight excluding hydrogens is 316 g/mol. The molecule has 25 heavy (non-hydrogen) atoms. The number of methoxy groups -OCH3 is 1. The largest absolute Gasteiger partial charge is 0.497 e. The molecule has 1 saturated heterocycles. The Hall–Kier alpha value is -1.59. The van der Waals surface area contributed by atoms with Gasteiger partial charge in [0.15, 0.2) is 0 Å². The van der Waals surface area contributed by atoms with Crippen LogP contribution >= 0.6 is 0 Å². The van der Waals surface area contributed by atoms with E-state index in [1.807, 2.05) is 18.0 Å². The molecule has 0 spiro atoms. The highest BCUT2D eigenvalue weighted by Gasteiger charge is 2.24. The molecule has 1 aliphatic carbocycles. The first kappa shape index (κ1) is 18.2. The smallest absolute Gasteiger partial charge is 0.222 e. The fourth-order valence-corrected chi connectivity index (χ4v) is 3.84. The molecule has 1 heterocycles. The van der Waals surface area contributed by atoms with Gasteiger partial charge in [-0.15, -0.1) is 0 Å². The molecule has 1 amide bonds. The molecule has 1 atom stereocenters. The molecule has 5 heteroatoms. The van der Waals surface area contributed by atoms with Gasteiger partial charge in [0.05, 0.1) is 20.3 Å². The molecule has 0 N–H and O–H groups in total. The predicted octanol–water partition coefficient (Wildman–Crippen LogP) is 2.30. The summed E-state index contributed by atoms with van der Waals surface area (Å²) in [5.74, 6) is 1.50. The normalized spacial score (nSPS) is 20.8. The number of amides is 1. The topological polar surface area (TPSA) is 42.0 Å². The van der Waals surface area contributed by atoms with Gasteiger partial charge >= 0.3 is 0 Å². The molecule has 1 aromatic rings. The Morgan fingerprint density at radius 2 is 2.16 bits per heavy atom. The minimum Gasteiger partial charge on any atom is -0.497 e. The van der Waals surface area contributed by atoms with Crippen molar-refractivity contribution in [2.45, 2.75) is 31.6 Å². The monoisotopic (exact) mass is 346 g/mol. The minimum atomic E-state index is 0.252. The van der Waals surface area contributed by atoms with Gasteiger partial charge in [-0.25, -0.2) is 0 Å². The van der Waals surface area contributed by atoms with Crippen LogP contribution in [-0.4, -0.2) is 69.3 Å². The van der Waals surface area contributed by atoms with Gasteiger partial charge < -0.3 is 14.4 Å². The number of aryl methyl sites for hydroxylation is 1. The van der Waals surface area contributed by atoms with E-state index in [-0.39, 0.29) is 5.91 Å². The predicted molar refractivity (Wildman–Crippen MR) is 98.2 cm³/mol. The maximum Gasteiger partial charge on any atom is 0.222 e. The van der Waals surface area contributed by atoms with E-state index in [4.69, 9.17) is 9.47 Å². The molecule has 1 aromatic carbocycles. The zero-order valence-electron chi connectivity index (χ0n) is 15.5. The molecule has 138 valence electrons. The molecular formula is C20H30N2O3. The first-order valence-corrected chi connectivity index (χ1v) is 9.38. The Bertz CT molecular complexity index is 584. The quantitative estimate of drug-likeness (QED) is 0.793. The SMILES string of the molecule is COc1ccc2c(c1)CCC[C@@H]2CC(=O)N(C)CCN1CCOCC1. The third-order valence-corrected chi connectivity index (χ3v) is 5.49. The van der Waals surface area contributed by atoms with E-state index in [9.17, 15) is 4.79 Å². The van der Waals surface area contributed by atoms with Gasteiger partial charge in [-0.3, -0.25) is 9.69 Å². The number of hydrogen-bond acceptors (Lipinski definition) is 4. The van der Waals surface area contributed by atoms with Gasteiger partial charge in [0, 0.05) is 39.6 Å². The van der Waals surface area contributed by atoms with Crippen molar-refractivity contribution < 1.29 is 14.3 Å². The number of carbonyl (C=O) groups is 1. The summed E-state index contributed by atoms with van der Waals surface area (Å²) >= 11 is 0. The number of carbonyl (C=O) groups excluding carboxylic acids is 1. The second-order valence-electron chi connectivity index (χ2n) is 7.13. The van der Waals surface area contributed by atoms with E-state index in [1.165, 1.54) is 11.1 Å². The van der Waals surface area contributed by atoms with Crippen molar-refractivity contribution in [2.75, 3.05) is 53.6 Å². The van der Waals surface area contributed by atoms with E-state index in [1.54, 1.807) is 7.11 Å². The lowest BCUT2D eigenvalue weighted by molar-refractivity contribution is -0.130. The lowest BCUT2D eigenvalue weighted by Gasteiger charge is -2.30. The molecule has 1 aliphatic heterocycles. The highest BCUT2D eigenvalue weighted by atomic mass is 16.5. The van der Waals surface area contributed by atoms with Crippen LogP contribution in [0.25, 0.3) is 0 Å². The summed E-state index contributed by atoms with van der Waals surface area (Å²) in [7, 11) is 3.63. The van der Waals surface area contributed by atoms with Crippen LogP contribution in [0.5, 0.6) is 5.75 Å². The molecule has 0 radical (unpaired) electrons.